The molecule has 1 aliphatic heterocycles. The number of nitrogens with zero attached hydrogens (tertiary/aromatic N) is 1. The first-order valence-electron chi connectivity index (χ1n) is 6.42. The molecule has 1 saturated heterocycles. The zero-order valence-corrected chi connectivity index (χ0v) is 13.6. The predicted octanol–water partition coefficient (Wildman–Crippen LogP) is 2.70. The normalized spacial score (nSPS) is 24.2. The molecule has 2 heterocycles. The van der Waals surface area contributed by atoms with Crippen molar-refractivity contribution >= 4 is 37.3 Å². The van der Waals surface area contributed by atoms with Crippen molar-refractivity contribution in [1.82, 2.24) is 4.31 Å². The van der Waals surface area contributed by atoms with Gasteiger partial charge in [-0.2, -0.15) is 4.31 Å². The minimum Gasteiger partial charge on any atom is -0.381 e. The molecule has 0 aromatic carbocycles. The van der Waals surface area contributed by atoms with Crippen LogP contribution in [0.2, 0.25) is 0 Å². The molecule has 1 atom stereocenters. The van der Waals surface area contributed by atoms with E-state index in [1.165, 1.54) is 11.3 Å². The summed E-state index contributed by atoms with van der Waals surface area (Å²) in [5.41, 5.74) is 0. The molecule has 2 fully saturated rings. The number of hydrogen-bond donors (Lipinski definition) is 0. The average molecular weight is 366 g/mol. The Balaban J connectivity index is 1.82. The number of halogens is 1. The van der Waals surface area contributed by atoms with Gasteiger partial charge in [-0.25, -0.2) is 8.42 Å². The van der Waals surface area contributed by atoms with Gasteiger partial charge < -0.3 is 4.74 Å². The van der Waals surface area contributed by atoms with Crippen molar-refractivity contribution in [2.24, 2.45) is 5.92 Å². The van der Waals surface area contributed by atoms with Crippen LogP contribution in [0.25, 0.3) is 0 Å². The largest absolute Gasteiger partial charge is 0.381 e. The van der Waals surface area contributed by atoms with E-state index in [-0.39, 0.29) is 6.04 Å². The lowest BCUT2D eigenvalue weighted by Crippen LogP contribution is -2.37. The van der Waals surface area contributed by atoms with E-state index in [1.807, 2.05) is 0 Å². The summed E-state index contributed by atoms with van der Waals surface area (Å²) in [5, 5.41) is 0. The molecule has 1 saturated carbocycles. The predicted molar refractivity (Wildman–Crippen MR) is 77.9 cm³/mol. The van der Waals surface area contributed by atoms with Crippen LogP contribution in [0, 0.1) is 5.92 Å². The standard InChI is InChI=1S/C12H16BrNO3S2/c13-11-3-4-12(18-11)19(15,16)14(10-1-2-10)7-9-5-6-17-8-9/h3-4,9-10H,1-2,5-8H2/t9-/m1/s1. The third-order valence-corrected chi connectivity index (χ3v) is 7.54. The van der Waals surface area contributed by atoms with Gasteiger partial charge in [-0.1, -0.05) is 0 Å². The lowest BCUT2D eigenvalue weighted by Gasteiger charge is -2.23. The zero-order valence-electron chi connectivity index (χ0n) is 10.4. The van der Waals surface area contributed by atoms with Crippen molar-refractivity contribution in [2.45, 2.75) is 29.5 Å². The van der Waals surface area contributed by atoms with Gasteiger partial charge in [0.25, 0.3) is 10.0 Å². The summed E-state index contributed by atoms with van der Waals surface area (Å²) >= 11 is 4.61. The van der Waals surface area contributed by atoms with E-state index in [2.05, 4.69) is 15.9 Å². The Kier molecular flexibility index (Phi) is 4.01. The monoisotopic (exact) mass is 365 g/mol. The lowest BCUT2D eigenvalue weighted by atomic mass is 10.1. The highest BCUT2D eigenvalue weighted by atomic mass is 79.9. The van der Waals surface area contributed by atoms with E-state index in [0.717, 1.165) is 29.7 Å². The molecular formula is C12H16BrNO3S2. The molecule has 1 aromatic rings. The number of hydrogen-bond acceptors (Lipinski definition) is 4. The minimum absolute atomic E-state index is 0.200. The van der Waals surface area contributed by atoms with Crippen LogP contribution in [0.4, 0.5) is 0 Å². The summed E-state index contributed by atoms with van der Waals surface area (Å²) < 4.78 is 33.7. The van der Waals surface area contributed by atoms with E-state index in [4.69, 9.17) is 4.74 Å². The molecule has 1 aliphatic carbocycles. The van der Waals surface area contributed by atoms with Gasteiger partial charge in [0.15, 0.2) is 0 Å². The van der Waals surface area contributed by atoms with Gasteiger partial charge in [0.1, 0.15) is 4.21 Å². The second kappa shape index (κ2) is 5.44. The Morgan fingerprint density at radius 3 is 2.68 bits per heavy atom. The van der Waals surface area contributed by atoms with Crippen LogP contribution in [0.3, 0.4) is 0 Å². The maximum atomic E-state index is 12.7. The van der Waals surface area contributed by atoms with Crippen LogP contribution < -0.4 is 0 Å². The van der Waals surface area contributed by atoms with Crippen molar-refractivity contribution in [2.75, 3.05) is 19.8 Å². The van der Waals surface area contributed by atoms with Crippen molar-refractivity contribution in [3.8, 4) is 0 Å². The number of ether oxygens (including phenoxy) is 1. The lowest BCUT2D eigenvalue weighted by molar-refractivity contribution is 0.180. The van der Waals surface area contributed by atoms with E-state index in [1.54, 1.807) is 16.4 Å². The van der Waals surface area contributed by atoms with Crippen LogP contribution in [0.1, 0.15) is 19.3 Å². The Hall–Kier alpha value is 0.0500. The highest BCUT2D eigenvalue weighted by Crippen LogP contribution is 2.36. The van der Waals surface area contributed by atoms with Crippen LogP contribution in [0.15, 0.2) is 20.1 Å². The van der Waals surface area contributed by atoms with Crippen LogP contribution >= 0.6 is 27.3 Å². The van der Waals surface area contributed by atoms with E-state index >= 15 is 0 Å². The molecule has 0 spiro atoms. The number of sulfonamides is 1. The van der Waals surface area contributed by atoms with Crippen LogP contribution in [-0.2, 0) is 14.8 Å². The first kappa shape index (κ1) is 14.0. The van der Waals surface area contributed by atoms with E-state index < -0.39 is 10.0 Å². The van der Waals surface area contributed by atoms with Crippen LogP contribution in [0.5, 0.6) is 0 Å². The summed E-state index contributed by atoms with van der Waals surface area (Å²) in [7, 11) is -3.34. The topological polar surface area (TPSA) is 46.6 Å². The smallest absolute Gasteiger partial charge is 0.252 e. The van der Waals surface area contributed by atoms with E-state index in [0.29, 0.717) is 23.3 Å². The second-order valence-corrected chi connectivity index (χ2v) is 9.67. The third kappa shape index (κ3) is 3.05. The summed E-state index contributed by atoms with van der Waals surface area (Å²) in [6, 6.07) is 3.68. The maximum Gasteiger partial charge on any atom is 0.252 e. The molecule has 2 aliphatic rings. The first-order valence-corrected chi connectivity index (χ1v) is 9.47. The molecule has 0 N–H and O–H groups in total. The van der Waals surface area contributed by atoms with Gasteiger partial charge in [0.2, 0.25) is 0 Å². The fourth-order valence-electron chi connectivity index (χ4n) is 2.34. The highest BCUT2D eigenvalue weighted by molar-refractivity contribution is 9.11. The maximum absolute atomic E-state index is 12.7. The fraction of sp³-hybridized carbons (Fsp3) is 0.667. The van der Waals surface area contributed by atoms with Gasteiger partial charge in [-0.15, -0.1) is 11.3 Å². The molecule has 0 radical (unpaired) electrons. The Labute approximate surface area is 125 Å². The molecule has 3 rings (SSSR count). The van der Waals surface area contributed by atoms with Crippen molar-refractivity contribution in [3.05, 3.63) is 15.9 Å². The van der Waals surface area contributed by atoms with Gasteiger partial charge in [-0.3, -0.25) is 0 Å². The van der Waals surface area contributed by atoms with Crippen molar-refractivity contribution < 1.29 is 13.2 Å². The molecule has 0 bridgehead atoms. The van der Waals surface area contributed by atoms with Crippen molar-refractivity contribution in [1.29, 1.82) is 0 Å². The quantitative estimate of drug-likeness (QED) is 0.805. The summed E-state index contributed by atoms with van der Waals surface area (Å²) in [6.07, 6.45) is 2.94. The van der Waals surface area contributed by atoms with Gasteiger partial charge in [0, 0.05) is 19.2 Å². The molecule has 19 heavy (non-hydrogen) atoms. The van der Waals surface area contributed by atoms with Gasteiger partial charge in [0.05, 0.1) is 10.4 Å². The average Bonchev–Trinajstić information content (AvgIpc) is 2.88. The molecule has 0 amide bonds. The van der Waals surface area contributed by atoms with Crippen molar-refractivity contribution in [3.63, 3.8) is 0 Å². The molecule has 0 unspecified atom stereocenters. The molecule has 106 valence electrons. The third-order valence-electron chi connectivity index (χ3n) is 3.53. The fourth-order valence-corrected chi connectivity index (χ4v) is 6.24. The Morgan fingerprint density at radius 2 is 2.16 bits per heavy atom. The van der Waals surface area contributed by atoms with Crippen LogP contribution in [-0.4, -0.2) is 38.5 Å². The molecule has 1 aromatic heterocycles. The summed E-state index contributed by atoms with van der Waals surface area (Å²) in [5.74, 6) is 0.346. The van der Waals surface area contributed by atoms with Gasteiger partial charge >= 0.3 is 0 Å². The summed E-state index contributed by atoms with van der Waals surface area (Å²) in [4.78, 5) is 0. The highest BCUT2D eigenvalue weighted by Gasteiger charge is 2.40. The molecule has 4 nitrogen and oxygen atoms in total. The number of thiophene rings is 1. The summed E-state index contributed by atoms with van der Waals surface area (Å²) in [6.45, 7) is 2.04. The Bertz CT molecular complexity index is 547. The first-order chi connectivity index (χ1) is 9.07. The SMILES string of the molecule is O=S(=O)(c1ccc(Br)s1)N(C[C@H]1CCOC1)C1CC1. The molecule has 7 heteroatoms. The zero-order chi connectivity index (χ0) is 13.5. The van der Waals surface area contributed by atoms with Gasteiger partial charge in [-0.05, 0) is 53.2 Å². The Morgan fingerprint density at radius 1 is 1.37 bits per heavy atom. The van der Waals surface area contributed by atoms with E-state index in [9.17, 15) is 8.42 Å². The molecular weight excluding hydrogens is 350 g/mol. The number of rotatable bonds is 5. The minimum atomic E-state index is -3.34. The second-order valence-electron chi connectivity index (χ2n) is 5.09.